The number of methoxy groups -OCH3 is 1. The second kappa shape index (κ2) is 7.64. The summed E-state index contributed by atoms with van der Waals surface area (Å²) >= 11 is 0. The van der Waals surface area contributed by atoms with E-state index in [0.29, 0.717) is 6.61 Å². The van der Waals surface area contributed by atoms with Gasteiger partial charge in [0, 0.05) is 24.0 Å². The van der Waals surface area contributed by atoms with Crippen LogP contribution in [0.25, 0.3) is 0 Å². The van der Waals surface area contributed by atoms with Crippen LogP contribution in [0.5, 0.6) is 11.5 Å². The Kier molecular flexibility index (Phi) is 5.58. The monoisotopic (exact) mass is 286 g/mol. The quantitative estimate of drug-likeness (QED) is 0.850. The summed E-state index contributed by atoms with van der Waals surface area (Å²) in [6.07, 6.45) is 5.26. The summed E-state index contributed by atoms with van der Waals surface area (Å²) in [6.45, 7) is 2.58. The van der Waals surface area contributed by atoms with Gasteiger partial charge in [0.25, 0.3) is 0 Å². The highest BCUT2D eigenvalue weighted by molar-refractivity contribution is 5.41. The lowest BCUT2D eigenvalue weighted by Crippen LogP contribution is -2.21. The molecule has 0 fully saturated rings. The molecule has 1 unspecified atom stereocenters. The zero-order chi connectivity index (χ0) is 15.1. The number of pyridine rings is 1. The highest BCUT2D eigenvalue weighted by atomic mass is 16.5. The largest absolute Gasteiger partial charge is 0.497 e. The SMILES string of the molecule is CCC(N)Cc1cc(OC)ccc1OCc1cccnc1. The first-order chi connectivity index (χ1) is 10.2. The molecule has 2 aromatic rings. The molecule has 4 heteroatoms. The first kappa shape index (κ1) is 15.3. The van der Waals surface area contributed by atoms with Crippen LogP contribution in [-0.2, 0) is 13.0 Å². The molecule has 0 radical (unpaired) electrons. The van der Waals surface area contributed by atoms with E-state index < -0.39 is 0 Å². The van der Waals surface area contributed by atoms with E-state index in [1.165, 1.54) is 0 Å². The molecule has 0 saturated heterocycles. The van der Waals surface area contributed by atoms with Crippen LogP contribution in [0.4, 0.5) is 0 Å². The lowest BCUT2D eigenvalue weighted by atomic mass is 10.0. The van der Waals surface area contributed by atoms with E-state index in [-0.39, 0.29) is 6.04 Å². The van der Waals surface area contributed by atoms with E-state index in [1.54, 1.807) is 19.5 Å². The van der Waals surface area contributed by atoms with Crippen molar-refractivity contribution < 1.29 is 9.47 Å². The summed E-state index contributed by atoms with van der Waals surface area (Å²) in [5, 5.41) is 0. The number of nitrogens with zero attached hydrogens (tertiary/aromatic N) is 1. The molecule has 2 rings (SSSR count). The smallest absolute Gasteiger partial charge is 0.123 e. The van der Waals surface area contributed by atoms with Crippen LogP contribution in [0, 0.1) is 0 Å². The maximum Gasteiger partial charge on any atom is 0.123 e. The first-order valence-corrected chi connectivity index (χ1v) is 7.17. The number of rotatable bonds is 7. The molecule has 1 aromatic carbocycles. The molecule has 0 bridgehead atoms. The summed E-state index contributed by atoms with van der Waals surface area (Å²) in [6, 6.07) is 9.85. The Hall–Kier alpha value is -2.07. The van der Waals surface area contributed by atoms with Crippen molar-refractivity contribution in [2.24, 2.45) is 5.73 Å². The van der Waals surface area contributed by atoms with Gasteiger partial charge >= 0.3 is 0 Å². The van der Waals surface area contributed by atoms with Gasteiger partial charge in [-0.1, -0.05) is 13.0 Å². The summed E-state index contributed by atoms with van der Waals surface area (Å²) in [5.41, 5.74) is 8.18. The molecule has 0 saturated carbocycles. The minimum atomic E-state index is 0.123. The predicted molar refractivity (Wildman–Crippen MR) is 83.5 cm³/mol. The van der Waals surface area contributed by atoms with Gasteiger partial charge in [0.1, 0.15) is 18.1 Å². The zero-order valence-electron chi connectivity index (χ0n) is 12.6. The van der Waals surface area contributed by atoms with Crippen LogP contribution in [0.15, 0.2) is 42.7 Å². The molecule has 1 atom stereocenters. The van der Waals surface area contributed by atoms with Crippen molar-refractivity contribution in [1.82, 2.24) is 4.98 Å². The standard InChI is InChI=1S/C17H22N2O2/c1-3-15(18)9-14-10-16(20-2)6-7-17(14)21-12-13-5-4-8-19-11-13/h4-8,10-11,15H,3,9,12,18H2,1-2H3. The third kappa shape index (κ3) is 4.46. The molecule has 4 nitrogen and oxygen atoms in total. The van der Waals surface area contributed by atoms with E-state index in [1.807, 2.05) is 30.3 Å². The number of aromatic nitrogens is 1. The van der Waals surface area contributed by atoms with Crippen LogP contribution in [0.3, 0.4) is 0 Å². The highest BCUT2D eigenvalue weighted by Crippen LogP contribution is 2.26. The number of ether oxygens (including phenoxy) is 2. The molecule has 0 aliphatic heterocycles. The third-order valence-electron chi connectivity index (χ3n) is 3.39. The number of hydrogen-bond donors (Lipinski definition) is 1. The van der Waals surface area contributed by atoms with Crippen LogP contribution < -0.4 is 15.2 Å². The van der Waals surface area contributed by atoms with Gasteiger partial charge < -0.3 is 15.2 Å². The van der Waals surface area contributed by atoms with Crippen LogP contribution in [0.1, 0.15) is 24.5 Å². The first-order valence-electron chi connectivity index (χ1n) is 7.17. The Morgan fingerprint density at radius 3 is 2.81 bits per heavy atom. The van der Waals surface area contributed by atoms with Crippen molar-refractivity contribution in [2.75, 3.05) is 7.11 Å². The molecule has 0 amide bonds. The van der Waals surface area contributed by atoms with Crippen molar-refractivity contribution in [2.45, 2.75) is 32.4 Å². The van der Waals surface area contributed by atoms with Gasteiger partial charge in [0.2, 0.25) is 0 Å². The summed E-state index contributed by atoms with van der Waals surface area (Å²) in [7, 11) is 1.66. The Labute approximate surface area is 125 Å². The van der Waals surface area contributed by atoms with Crippen molar-refractivity contribution in [3.63, 3.8) is 0 Å². The van der Waals surface area contributed by atoms with Crippen molar-refractivity contribution in [1.29, 1.82) is 0 Å². The molecular weight excluding hydrogens is 264 g/mol. The number of hydrogen-bond acceptors (Lipinski definition) is 4. The van der Waals surface area contributed by atoms with E-state index in [0.717, 1.165) is 35.5 Å². The topological polar surface area (TPSA) is 57.4 Å². The molecule has 1 aromatic heterocycles. The second-order valence-corrected chi connectivity index (χ2v) is 5.00. The number of nitrogens with two attached hydrogens (primary N) is 1. The molecule has 112 valence electrons. The predicted octanol–water partition coefficient (Wildman–Crippen LogP) is 2.95. The lowest BCUT2D eigenvalue weighted by molar-refractivity contribution is 0.300. The molecule has 0 aliphatic carbocycles. The number of benzene rings is 1. The summed E-state index contributed by atoms with van der Waals surface area (Å²) in [5.74, 6) is 1.67. The molecular formula is C17H22N2O2. The molecule has 0 spiro atoms. The van der Waals surface area contributed by atoms with Gasteiger partial charge in [-0.05, 0) is 42.7 Å². The molecule has 1 heterocycles. The van der Waals surface area contributed by atoms with Crippen LogP contribution >= 0.6 is 0 Å². The van der Waals surface area contributed by atoms with Gasteiger partial charge in [0.15, 0.2) is 0 Å². The fourth-order valence-electron chi connectivity index (χ4n) is 2.05. The molecule has 0 aliphatic rings. The molecule has 21 heavy (non-hydrogen) atoms. The van der Waals surface area contributed by atoms with Gasteiger partial charge in [-0.3, -0.25) is 4.98 Å². The van der Waals surface area contributed by atoms with Crippen molar-refractivity contribution >= 4 is 0 Å². The fraction of sp³-hybridized carbons (Fsp3) is 0.353. The van der Waals surface area contributed by atoms with Crippen LogP contribution in [0.2, 0.25) is 0 Å². The Morgan fingerprint density at radius 1 is 1.29 bits per heavy atom. The third-order valence-corrected chi connectivity index (χ3v) is 3.39. The fourth-order valence-corrected chi connectivity index (χ4v) is 2.05. The maximum atomic E-state index is 6.07. The average molecular weight is 286 g/mol. The van der Waals surface area contributed by atoms with E-state index in [4.69, 9.17) is 15.2 Å². The summed E-state index contributed by atoms with van der Waals surface area (Å²) in [4.78, 5) is 4.09. The Bertz CT molecular complexity index is 558. The second-order valence-electron chi connectivity index (χ2n) is 5.00. The van der Waals surface area contributed by atoms with Gasteiger partial charge in [-0.15, -0.1) is 0 Å². The van der Waals surface area contributed by atoms with E-state index >= 15 is 0 Å². The summed E-state index contributed by atoms with van der Waals surface area (Å²) < 4.78 is 11.2. The normalized spacial score (nSPS) is 12.0. The highest BCUT2D eigenvalue weighted by Gasteiger charge is 2.10. The maximum absolute atomic E-state index is 6.07. The van der Waals surface area contributed by atoms with E-state index in [9.17, 15) is 0 Å². The minimum absolute atomic E-state index is 0.123. The lowest BCUT2D eigenvalue weighted by Gasteiger charge is -2.15. The minimum Gasteiger partial charge on any atom is -0.497 e. The molecule has 2 N–H and O–H groups in total. The van der Waals surface area contributed by atoms with Gasteiger partial charge in [-0.2, -0.15) is 0 Å². The Balaban J connectivity index is 2.13. The van der Waals surface area contributed by atoms with Gasteiger partial charge in [0.05, 0.1) is 7.11 Å². The van der Waals surface area contributed by atoms with Crippen molar-refractivity contribution in [3.8, 4) is 11.5 Å². The van der Waals surface area contributed by atoms with Crippen LogP contribution in [-0.4, -0.2) is 18.1 Å². The van der Waals surface area contributed by atoms with Gasteiger partial charge in [-0.25, -0.2) is 0 Å². The van der Waals surface area contributed by atoms with Crippen molar-refractivity contribution in [3.05, 3.63) is 53.9 Å². The zero-order valence-corrected chi connectivity index (χ0v) is 12.6. The Morgan fingerprint density at radius 2 is 2.14 bits per heavy atom. The van der Waals surface area contributed by atoms with E-state index in [2.05, 4.69) is 11.9 Å². The average Bonchev–Trinajstić information content (AvgIpc) is 2.54.